The molecule has 1 saturated heterocycles. The molecule has 0 spiro atoms. The first-order valence-electron chi connectivity index (χ1n) is 7.77. The van der Waals surface area contributed by atoms with Crippen molar-refractivity contribution in [1.29, 1.82) is 0 Å². The molecule has 0 bridgehead atoms. The quantitative estimate of drug-likeness (QED) is 0.819. The molecule has 1 amide bonds. The van der Waals surface area contributed by atoms with Crippen LogP contribution in [0.3, 0.4) is 0 Å². The van der Waals surface area contributed by atoms with E-state index in [2.05, 4.69) is 5.32 Å². The maximum Gasteiger partial charge on any atom is 0.420 e. The molecule has 1 atom stereocenters. The molecule has 1 aromatic carbocycles. The van der Waals surface area contributed by atoms with Crippen LogP contribution >= 0.6 is 11.6 Å². The van der Waals surface area contributed by atoms with Crippen molar-refractivity contribution in [2.45, 2.75) is 25.8 Å². The predicted molar refractivity (Wildman–Crippen MR) is 86.7 cm³/mol. The van der Waals surface area contributed by atoms with Crippen LogP contribution < -0.4 is 11.1 Å². The van der Waals surface area contributed by atoms with E-state index in [4.69, 9.17) is 20.8 Å². The van der Waals surface area contributed by atoms with Gasteiger partial charge in [0.25, 0.3) is 0 Å². The minimum atomic E-state index is -0.555. The van der Waals surface area contributed by atoms with Crippen LogP contribution in [0.2, 0.25) is 5.02 Å². The summed E-state index contributed by atoms with van der Waals surface area (Å²) in [5.74, 6) is -0.148. The average molecular weight is 339 g/mol. The fraction of sp³-hybridized carbons (Fsp3) is 0.500. The molecule has 0 radical (unpaired) electrons. The van der Waals surface area contributed by atoms with Crippen molar-refractivity contribution in [1.82, 2.24) is 9.88 Å². The molecule has 1 N–H and O–H groups in total. The van der Waals surface area contributed by atoms with E-state index in [9.17, 15) is 9.59 Å². The summed E-state index contributed by atoms with van der Waals surface area (Å²) >= 11 is 5.86. The van der Waals surface area contributed by atoms with Crippen molar-refractivity contribution in [2.75, 3.05) is 19.8 Å². The number of oxazole rings is 1. The van der Waals surface area contributed by atoms with Gasteiger partial charge >= 0.3 is 5.76 Å². The standard InChI is InChI=1S/C16H19ClN2O4/c17-12-3-4-13-14(8-12)23-16(21)19(13)9-15(20)18-6-1-2-11-5-7-22-10-11/h3-4,8,11H,1-2,5-7,9-10H2,(H,18,20)/t11-/m0/s1. The Hall–Kier alpha value is -1.79. The number of amides is 1. The number of nitrogens with zero attached hydrogens (tertiary/aromatic N) is 1. The van der Waals surface area contributed by atoms with Gasteiger partial charge in [-0.3, -0.25) is 9.36 Å². The van der Waals surface area contributed by atoms with Crippen LogP contribution in [-0.4, -0.2) is 30.2 Å². The Morgan fingerprint density at radius 3 is 3.09 bits per heavy atom. The lowest BCUT2D eigenvalue weighted by Gasteiger charge is -2.08. The highest BCUT2D eigenvalue weighted by Gasteiger charge is 2.15. The molecule has 2 aromatic rings. The fourth-order valence-electron chi connectivity index (χ4n) is 2.82. The molecule has 6 nitrogen and oxygen atoms in total. The smallest absolute Gasteiger partial charge is 0.408 e. The number of benzene rings is 1. The second-order valence-electron chi connectivity index (χ2n) is 5.79. The molecular weight excluding hydrogens is 320 g/mol. The van der Waals surface area contributed by atoms with E-state index in [0.717, 1.165) is 32.5 Å². The van der Waals surface area contributed by atoms with Crippen molar-refractivity contribution in [2.24, 2.45) is 5.92 Å². The van der Waals surface area contributed by atoms with Gasteiger partial charge in [-0.05, 0) is 37.3 Å². The summed E-state index contributed by atoms with van der Waals surface area (Å²) < 4.78 is 11.7. The van der Waals surface area contributed by atoms with Gasteiger partial charge in [-0.1, -0.05) is 11.6 Å². The molecule has 7 heteroatoms. The highest BCUT2D eigenvalue weighted by atomic mass is 35.5. The van der Waals surface area contributed by atoms with Crippen LogP contribution in [0.15, 0.2) is 27.4 Å². The highest BCUT2D eigenvalue weighted by molar-refractivity contribution is 6.31. The van der Waals surface area contributed by atoms with E-state index in [1.165, 1.54) is 4.57 Å². The summed E-state index contributed by atoms with van der Waals surface area (Å²) in [5, 5.41) is 3.33. The van der Waals surface area contributed by atoms with E-state index in [1.807, 2.05) is 0 Å². The third kappa shape index (κ3) is 3.95. The zero-order valence-electron chi connectivity index (χ0n) is 12.7. The zero-order chi connectivity index (χ0) is 16.2. The van der Waals surface area contributed by atoms with E-state index in [1.54, 1.807) is 18.2 Å². The lowest BCUT2D eigenvalue weighted by Crippen LogP contribution is -2.31. The first kappa shape index (κ1) is 16.1. The van der Waals surface area contributed by atoms with Gasteiger partial charge in [-0.2, -0.15) is 0 Å². The number of ether oxygens (including phenoxy) is 1. The van der Waals surface area contributed by atoms with Gasteiger partial charge in [0.15, 0.2) is 5.58 Å². The minimum Gasteiger partial charge on any atom is -0.408 e. The van der Waals surface area contributed by atoms with Crippen LogP contribution in [0.4, 0.5) is 0 Å². The topological polar surface area (TPSA) is 73.5 Å². The SMILES string of the molecule is O=C(Cn1c(=O)oc2cc(Cl)ccc21)NCCC[C@H]1CCOC1. The van der Waals surface area contributed by atoms with Gasteiger partial charge in [0.1, 0.15) is 6.54 Å². The molecule has 0 unspecified atom stereocenters. The third-order valence-corrected chi connectivity index (χ3v) is 4.30. The van der Waals surface area contributed by atoms with Crippen molar-refractivity contribution in [3.05, 3.63) is 33.8 Å². The van der Waals surface area contributed by atoms with E-state index >= 15 is 0 Å². The second-order valence-corrected chi connectivity index (χ2v) is 6.22. The summed E-state index contributed by atoms with van der Waals surface area (Å²) in [6, 6.07) is 4.91. The minimum absolute atomic E-state index is 0.0556. The van der Waals surface area contributed by atoms with Crippen molar-refractivity contribution in [3.8, 4) is 0 Å². The first-order chi connectivity index (χ1) is 11.1. The maximum absolute atomic E-state index is 12.0. The molecule has 1 aromatic heterocycles. The van der Waals surface area contributed by atoms with Crippen LogP contribution in [0.1, 0.15) is 19.3 Å². The van der Waals surface area contributed by atoms with Gasteiger partial charge in [0.2, 0.25) is 5.91 Å². The van der Waals surface area contributed by atoms with Crippen molar-refractivity contribution < 1.29 is 13.9 Å². The second kappa shape index (κ2) is 7.19. The molecule has 23 heavy (non-hydrogen) atoms. The maximum atomic E-state index is 12.0. The van der Waals surface area contributed by atoms with E-state index < -0.39 is 5.76 Å². The van der Waals surface area contributed by atoms with Crippen LogP contribution in [0.25, 0.3) is 11.1 Å². The Morgan fingerprint density at radius 2 is 2.30 bits per heavy atom. The highest BCUT2D eigenvalue weighted by Crippen LogP contribution is 2.18. The Balaban J connectivity index is 1.53. The van der Waals surface area contributed by atoms with E-state index in [-0.39, 0.29) is 12.5 Å². The largest absolute Gasteiger partial charge is 0.420 e. The average Bonchev–Trinajstić information content (AvgIpc) is 3.12. The van der Waals surface area contributed by atoms with E-state index in [0.29, 0.717) is 28.6 Å². The van der Waals surface area contributed by atoms with Crippen LogP contribution in [-0.2, 0) is 16.1 Å². The number of nitrogens with one attached hydrogen (secondary N) is 1. The normalized spacial score (nSPS) is 17.7. The number of rotatable bonds is 6. The number of hydrogen-bond acceptors (Lipinski definition) is 4. The molecule has 124 valence electrons. The van der Waals surface area contributed by atoms with Gasteiger partial charge < -0.3 is 14.5 Å². The predicted octanol–water partition coefficient (Wildman–Crippen LogP) is 2.18. The first-order valence-corrected chi connectivity index (χ1v) is 8.14. The number of aromatic nitrogens is 1. The molecule has 3 rings (SSSR count). The molecule has 1 aliphatic heterocycles. The third-order valence-electron chi connectivity index (χ3n) is 4.07. The number of carbonyl (C=O) groups is 1. The van der Waals surface area contributed by atoms with Gasteiger partial charge in [-0.25, -0.2) is 4.79 Å². The lowest BCUT2D eigenvalue weighted by atomic mass is 10.0. The summed E-state index contributed by atoms with van der Waals surface area (Å²) in [6.45, 7) is 2.22. The Labute approximate surface area is 138 Å². The molecule has 1 aliphatic rings. The van der Waals surface area contributed by atoms with Crippen molar-refractivity contribution >= 4 is 28.6 Å². The molecule has 2 heterocycles. The summed E-state index contributed by atoms with van der Waals surface area (Å²) in [4.78, 5) is 23.9. The van der Waals surface area contributed by atoms with Crippen LogP contribution in [0.5, 0.6) is 0 Å². The Bertz CT molecular complexity index is 746. The fourth-order valence-corrected chi connectivity index (χ4v) is 2.98. The zero-order valence-corrected chi connectivity index (χ0v) is 13.5. The molecular formula is C16H19ClN2O4. The monoisotopic (exact) mass is 338 g/mol. The molecule has 0 aliphatic carbocycles. The molecule has 0 saturated carbocycles. The summed E-state index contributed by atoms with van der Waals surface area (Å²) in [5.41, 5.74) is 0.953. The van der Waals surface area contributed by atoms with Crippen molar-refractivity contribution in [3.63, 3.8) is 0 Å². The number of halogens is 1. The Kier molecular flexibility index (Phi) is 5.03. The number of fused-ring (bicyclic) bond motifs is 1. The number of carbonyl (C=O) groups excluding carboxylic acids is 1. The Morgan fingerprint density at radius 1 is 1.43 bits per heavy atom. The van der Waals surface area contributed by atoms with Gasteiger partial charge in [-0.15, -0.1) is 0 Å². The van der Waals surface area contributed by atoms with Crippen LogP contribution in [0, 0.1) is 5.92 Å². The van der Waals surface area contributed by atoms with Gasteiger partial charge in [0, 0.05) is 30.8 Å². The lowest BCUT2D eigenvalue weighted by molar-refractivity contribution is -0.121. The summed E-state index contributed by atoms with van der Waals surface area (Å²) in [6.07, 6.45) is 3.07. The molecule has 1 fully saturated rings. The number of hydrogen-bond donors (Lipinski definition) is 1. The van der Waals surface area contributed by atoms with Gasteiger partial charge in [0.05, 0.1) is 5.52 Å². The summed E-state index contributed by atoms with van der Waals surface area (Å²) in [7, 11) is 0.